The van der Waals surface area contributed by atoms with Crippen molar-refractivity contribution in [3.63, 3.8) is 0 Å². The molecule has 0 amide bonds. The van der Waals surface area contributed by atoms with Crippen molar-refractivity contribution in [2.75, 3.05) is 19.6 Å². The highest BCUT2D eigenvalue weighted by atomic mass is 35.5. The minimum absolute atomic E-state index is 0.00758. The third kappa shape index (κ3) is 3.76. The van der Waals surface area contributed by atoms with Crippen LogP contribution in [0.1, 0.15) is 6.42 Å². The Morgan fingerprint density at radius 3 is 2.89 bits per heavy atom. The monoisotopic (exact) mass is 304 g/mol. The molecule has 19 heavy (non-hydrogen) atoms. The minimum Gasteiger partial charge on any atom is -0.313 e. The van der Waals surface area contributed by atoms with E-state index >= 15 is 0 Å². The van der Waals surface area contributed by atoms with Crippen LogP contribution in [0.2, 0.25) is 5.02 Å². The van der Waals surface area contributed by atoms with Gasteiger partial charge in [-0.3, -0.25) is 0 Å². The normalized spacial score (nSPS) is 16.2. The van der Waals surface area contributed by atoms with Crippen LogP contribution in [-0.2, 0) is 10.0 Å². The van der Waals surface area contributed by atoms with E-state index in [1.54, 1.807) is 0 Å². The molecule has 2 N–H and O–H groups in total. The maximum absolute atomic E-state index is 13.1. The summed E-state index contributed by atoms with van der Waals surface area (Å²) in [6, 6.07) is 3.27. The molecule has 1 heterocycles. The molecule has 1 aliphatic rings. The fraction of sp³-hybridized carbons (Fsp3) is 0.333. The zero-order valence-corrected chi connectivity index (χ0v) is 11.7. The molecule has 0 unspecified atom stereocenters. The summed E-state index contributed by atoms with van der Waals surface area (Å²) in [5, 5.41) is 3.14. The third-order valence-corrected chi connectivity index (χ3v) is 4.71. The van der Waals surface area contributed by atoms with Crippen LogP contribution in [-0.4, -0.2) is 28.1 Å². The zero-order valence-electron chi connectivity index (χ0n) is 10.1. The number of nitrogens with one attached hydrogen (secondary N) is 2. The molecule has 0 aromatic heterocycles. The zero-order chi connectivity index (χ0) is 13.9. The van der Waals surface area contributed by atoms with Gasteiger partial charge in [-0.1, -0.05) is 23.3 Å². The molecule has 0 aliphatic carbocycles. The average molecular weight is 305 g/mol. The molecule has 2 rings (SSSR count). The molecule has 4 nitrogen and oxygen atoms in total. The molecule has 0 atom stereocenters. The van der Waals surface area contributed by atoms with E-state index in [1.807, 2.05) is 6.08 Å². The average Bonchev–Trinajstić information content (AvgIpc) is 2.40. The number of hydrogen-bond acceptors (Lipinski definition) is 3. The molecule has 0 bridgehead atoms. The van der Waals surface area contributed by atoms with Crippen molar-refractivity contribution < 1.29 is 12.8 Å². The summed E-state index contributed by atoms with van der Waals surface area (Å²) in [7, 11) is -3.80. The van der Waals surface area contributed by atoms with Crippen LogP contribution >= 0.6 is 11.6 Å². The third-order valence-electron chi connectivity index (χ3n) is 2.83. The van der Waals surface area contributed by atoms with Gasteiger partial charge in [-0.2, -0.15) is 0 Å². The lowest BCUT2D eigenvalue weighted by molar-refractivity contribution is 0.578. The smallest absolute Gasteiger partial charge is 0.242 e. The Morgan fingerprint density at radius 1 is 1.42 bits per heavy atom. The Hall–Kier alpha value is -0.950. The summed E-state index contributed by atoms with van der Waals surface area (Å²) in [6.45, 7) is 1.78. The Morgan fingerprint density at radius 2 is 2.21 bits per heavy atom. The van der Waals surface area contributed by atoms with Gasteiger partial charge < -0.3 is 5.32 Å². The topological polar surface area (TPSA) is 58.2 Å². The highest BCUT2D eigenvalue weighted by Gasteiger charge is 2.19. The van der Waals surface area contributed by atoms with Gasteiger partial charge in [-0.25, -0.2) is 17.5 Å². The molecule has 7 heteroatoms. The van der Waals surface area contributed by atoms with Crippen LogP contribution in [0.3, 0.4) is 0 Å². The van der Waals surface area contributed by atoms with Crippen molar-refractivity contribution in [1.29, 1.82) is 0 Å². The van der Waals surface area contributed by atoms with Crippen LogP contribution < -0.4 is 10.0 Å². The molecule has 104 valence electrons. The van der Waals surface area contributed by atoms with Crippen molar-refractivity contribution in [3.8, 4) is 0 Å². The summed E-state index contributed by atoms with van der Waals surface area (Å²) >= 11 is 5.79. The summed E-state index contributed by atoms with van der Waals surface area (Å²) in [5.74, 6) is -0.633. The van der Waals surface area contributed by atoms with E-state index in [2.05, 4.69) is 10.0 Å². The predicted molar refractivity (Wildman–Crippen MR) is 72.2 cm³/mol. The standard InChI is InChI=1S/C12H14ClFN2O2S/c13-11-2-1-10(14)7-12(11)19(17,18)16-8-9-3-5-15-6-4-9/h1-3,7,15-16H,4-6,8H2. The molecule has 0 fully saturated rings. The first-order valence-corrected chi connectivity index (χ1v) is 7.68. The number of hydrogen-bond donors (Lipinski definition) is 2. The first kappa shape index (κ1) is 14.5. The molecule has 1 aliphatic heterocycles. The van der Waals surface area contributed by atoms with Gasteiger partial charge in [0.1, 0.15) is 10.7 Å². The summed E-state index contributed by atoms with van der Waals surface area (Å²) in [5.41, 5.74) is 1.01. The highest BCUT2D eigenvalue weighted by Crippen LogP contribution is 2.22. The SMILES string of the molecule is O=S(=O)(NCC1=CCNCC1)c1cc(F)ccc1Cl. The molecular weight excluding hydrogens is 291 g/mol. The number of sulfonamides is 1. The van der Waals surface area contributed by atoms with Crippen molar-refractivity contribution in [3.05, 3.63) is 40.7 Å². The van der Waals surface area contributed by atoms with Crippen LogP contribution in [0, 0.1) is 5.82 Å². The van der Waals surface area contributed by atoms with Gasteiger partial charge in [0.15, 0.2) is 0 Å². The predicted octanol–water partition coefficient (Wildman–Crippen LogP) is 1.68. The maximum Gasteiger partial charge on any atom is 0.242 e. The number of benzene rings is 1. The molecule has 0 saturated heterocycles. The largest absolute Gasteiger partial charge is 0.313 e. The van der Waals surface area contributed by atoms with E-state index in [1.165, 1.54) is 6.07 Å². The van der Waals surface area contributed by atoms with Crippen molar-refractivity contribution in [1.82, 2.24) is 10.0 Å². The maximum atomic E-state index is 13.1. The van der Waals surface area contributed by atoms with Crippen LogP contribution in [0.15, 0.2) is 34.7 Å². The molecule has 0 radical (unpaired) electrons. The van der Waals surface area contributed by atoms with Crippen molar-refractivity contribution in [2.45, 2.75) is 11.3 Å². The molecule has 1 aromatic rings. The minimum atomic E-state index is -3.80. The van der Waals surface area contributed by atoms with E-state index in [0.717, 1.165) is 37.2 Å². The molecular formula is C12H14ClFN2O2S. The molecule has 1 aromatic carbocycles. The second kappa shape index (κ2) is 6.00. The lowest BCUT2D eigenvalue weighted by Gasteiger charge is -2.15. The van der Waals surface area contributed by atoms with Gasteiger partial charge in [-0.05, 0) is 31.2 Å². The van der Waals surface area contributed by atoms with E-state index in [9.17, 15) is 12.8 Å². The first-order valence-electron chi connectivity index (χ1n) is 5.82. The van der Waals surface area contributed by atoms with Crippen LogP contribution in [0.4, 0.5) is 4.39 Å². The Labute approximate surface area is 116 Å². The van der Waals surface area contributed by atoms with E-state index in [0.29, 0.717) is 0 Å². The van der Waals surface area contributed by atoms with Gasteiger partial charge in [0.2, 0.25) is 10.0 Å². The van der Waals surface area contributed by atoms with E-state index < -0.39 is 15.8 Å². The van der Waals surface area contributed by atoms with Crippen LogP contribution in [0.5, 0.6) is 0 Å². The Bertz CT molecular complexity index is 602. The highest BCUT2D eigenvalue weighted by molar-refractivity contribution is 7.89. The summed E-state index contributed by atoms with van der Waals surface area (Å²) in [6.07, 6.45) is 2.73. The fourth-order valence-corrected chi connectivity index (χ4v) is 3.32. The van der Waals surface area contributed by atoms with Gasteiger partial charge in [0.25, 0.3) is 0 Å². The summed E-state index contributed by atoms with van der Waals surface area (Å²) in [4.78, 5) is -0.233. The van der Waals surface area contributed by atoms with Gasteiger partial charge >= 0.3 is 0 Å². The lowest BCUT2D eigenvalue weighted by Crippen LogP contribution is -2.30. The second-order valence-electron chi connectivity index (χ2n) is 4.22. The number of rotatable bonds is 4. The van der Waals surface area contributed by atoms with E-state index in [4.69, 9.17) is 11.6 Å². The van der Waals surface area contributed by atoms with Crippen molar-refractivity contribution >= 4 is 21.6 Å². The summed E-state index contributed by atoms with van der Waals surface area (Å²) < 4.78 is 39.6. The second-order valence-corrected chi connectivity index (χ2v) is 6.36. The lowest BCUT2D eigenvalue weighted by atomic mass is 10.1. The van der Waals surface area contributed by atoms with Crippen molar-refractivity contribution in [2.24, 2.45) is 0 Å². The Kier molecular flexibility index (Phi) is 4.57. The fourth-order valence-electron chi connectivity index (χ4n) is 1.78. The van der Waals surface area contributed by atoms with Gasteiger partial charge in [0.05, 0.1) is 5.02 Å². The van der Waals surface area contributed by atoms with Crippen LogP contribution in [0.25, 0.3) is 0 Å². The van der Waals surface area contributed by atoms with E-state index in [-0.39, 0.29) is 16.5 Å². The first-order chi connectivity index (χ1) is 8.99. The quantitative estimate of drug-likeness (QED) is 0.832. The Balaban J connectivity index is 2.13. The molecule has 0 saturated carbocycles. The van der Waals surface area contributed by atoms with Gasteiger partial charge in [0, 0.05) is 13.1 Å². The van der Waals surface area contributed by atoms with Gasteiger partial charge in [-0.15, -0.1) is 0 Å². The molecule has 0 spiro atoms. The number of halogens is 2.